The van der Waals surface area contributed by atoms with E-state index in [1.54, 1.807) is 33.8 Å². The van der Waals surface area contributed by atoms with Gasteiger partial charge in [0.2, 0.25) is 0 Å². The van der Waals surface area contributed by atoms with Crippen molar-refractivity contribution in [3.8, 4) is 23.0 Å². The standard InChI is InChI=1S/C43H58N4O12/c1-21-12-11-13-22(2)42(55)45-33-28(20-44-47-17-15-46(9)16-18-47)37(52)30-31(38(33)53)36(51)26(6)40-32(30)41(54)43(8,59-40)57-19-14-29(56-10)23(3)39(58-27(7)48)25(5)35(50)24(4)34(21)49/h11-14,19-21,23-25,29,34-35,39,49-53H,15-18H2,1-10H3,(H,45,55)/b12-11+,19-14+,22-13+,44-20+/t21-,23+,24+,25+,29-,34-,35+,39+,43-/m0/s1/i17D2,18D2. The fraction of sp³-hybridized carbons (Fsp3) is 0.535. The Labute approximate surface area is 350 Å². The van der Waals surface area contributed by atoms with Crippen molar-refractivity contribution < 1.29 is 64.3 Å². The zero-order valence-electron chi connectivity index (χ0n) is 38.9. The number of piperazine rings is 1. The van der Waals surface area contributed by atoms with Gasteiger partial charge in [-0.1, -0.05) is 45.9 Å². The Hall–Kier alpha value is -5.16. The van der Waals surface area contributed by atoms with E-state index < -0.39 is 124 Å². The van der Waals surface area contributed by atoms with Crippen molar-refractivity contribution in [3.05, 3.63) is 52.8 Å². The van der Waals surface area contributed by atoms with Gasteiger partial charge in [-0.05, 0) is 27.0 Å². The highest BCUT2D eigenvalue weighted by Gasteiger charge is 2.50. The van der Waals surface area contributed by atoms with Crippen molar-refractivity contribution in [2.75, 3.05) is 45.6 Å². The Kier molecular flexibility index (Phi) is 12.0. The first-order valence-corrected chi connectivity index (χ1v) is 19.3. The molecule has 2 aromatic carbocycles. The highest BCUT2D eigenvalue weighted by Crippen LogP contribution is 2.55. The van der Waals surface area contributed by atoms with Crippen LogP contribution < -0.4 is 10.1 Å². The molecule has 59 heavy (non-hydrogen) atoms. The summed E-state index contributed by atoms with van der Waals surface area (Å²) in [5.74, 6) is -9.72. The number of nitrogens with one attached hydrogen (secondary N) is 1. The van der Waals surface area contributed by atoms with Gasteiger partial charge in [0, 0.05) is 87.2 Å². The Balaban J connectivity index is 1.75. The molecule has 1 saturated heterocycles. The number of nitrogens with zero attached hydrogens (tertiary/aromatic N) is 3. The fourth-order valence-corrected chi connectivity index (χ4v) is 7.56. The minimum atomic E-state index is -2.39. The second-order valence-electron chi connectivity index (χ2n) is 15.7. The number of likely N-dealkylation sites (N-methyl/N-ethyl adjacent to an activating group) is 1. The number of aromatic hydroxyl groups is 3. The Morgan fingerprint density at radius 3 is 2.29 bits per heavy atom. The molecular formula is C43H58N4O12. The fourth-order valence-electron chi connectivity index (χ4n) is 7.56. The maximum Gasteiger partial charge on any atom is 0.312 e. The van der Waals surface area contributed by atoms with Gasteiger partial charge >= 0.3 is 11.8 Å². The third kappa shape index (κ3) is 8.91. The second-order valence-corrected chi connectivity index (χ2v) is 15.7. The summed E-state index contributed by atoms with van der Waals surface area (Å²) in [6.07, 6.45) is 3.82. The first kappa shape index (κ1) is 39.3. The number of rotatable bonds is 4. The molecule has 322 valence electrons. The predicted octanol–water partition coefficient (Wildman–Crippen LogP) is 4.34. The van der Waals surface area contributed by atoms with Crippen molar-refractivity contribution in [2.45, 2.75) is 85.6 Å². The lowest BCUT2D eigenvalue weighted by molar-refractivity contribution is -0.160. The number of esters is 1. The second kappa shape index (κ2) is 18.0. The van der Waals surface area contributed by atoms with E-state index in [2.05, 4.69) is 10.4 Å². The molecule has 4 heterocycles. The number of phenolic OH excluding ortho intramolecular Hbond substituents is 3. The number of amides is 1. The minimum absolute atomic E-state index is 0.0440. The topological polar surface area (TPSA) is 220 Å². The smallest absolute Gasteiger partial charge is 0.312 e. The molecule has 16 heteroatoms. The number of carbonyl (C=O) groups excluding carboxylic acids is 3. The molecule has 0 spiro atoms. The summed E-state index contributed by atoms with van der Waals surface area (Å²) in [5.41, 5.74) is -1.35. The number of hydrogen-bond donors (Lipinski definition) is 6. The average molecular weight is 827 g/mol. The SMILES string of the molecule is [2H]C1([2H])CN(C)CC([2H])([2H])N1/N=C/c1c2c(O)c3c(O)c(C)c4c(c3c1O)C(=O)[C@@](C)(O/C=C/[C@H](OC)[C@@H](C)[C@@H](OC(C)=O)[C@H](C)[C@H](O)[C@H](C)[C@@H](O)[C@@H](C)/C=C/C=C(\C)C(=O)N2)O4. The lowest BCUT2D eigenvalue weighted by Gasteiger charge is -2.38. The number of aliphatic hydroxyl groups is 2. The molecule has 1 amide bonds. The third-order valence-corrected chi connectivity index (χ3v) is 11.3. The van der Waals surface area contributed by atoms with Crippen molar-refractivity contribution >= 4 is 40.3 Å². The summed E-state index contributed by atoms with van der Waals surface area (Å²) in [6.45, 7) is 6.79. The van der Waals surface area contributed by atoms with E-state index in [0.717, 1.165) is 12.5 Å². The van der Waals surface area contributed by atoms with E-state index in [1.165, 1.54) is 65.0 Å². The number of carbonyl (C=O) groups is 3. The minimum Gasteiger partial charge on any atom is -0.507 e. The largest absolute Gasteiger partial charge is 0.507 e. The van der Waals surface area contributed by atoms with Crippen LogP contribution in [0.1, 0.15) is 75.4 Å². The highest BCUT2D eigenvalue weighted by molar-refractivity contribution is 6.23. The normalized spacial score (nSPS) is 34.8. The first-order valence-electron chi connectivity index (χ1n) is 21.3. The molecule has 9 atom stereocenters. The number of allylic oxidation sites excluding steroid dienone is 2. The van der Waals surface area contributed by atoms with Crippen molar-refractivity contribution in [1.82, 2.24) is 9.91 Å². The molecular weight excluding hydrogens is 764 g/mol. The molecule has 1 fully saturated rings. The van der Waals surface area contributed by atoms with Crippen LogP contribution in [0.15, 0.2) is 41.2 Å². The monoisotopic (exact) mass is 826 g/mol. The Bertz CT molecular complexity index is 2250. The van der Waals surface area contributed by atoms with Crippen LogP contribution in [0, 0.1) is 30.6 Å². The lowest BCUT2D eigenvalue weighted by atomic mass is 9.78. The number of hydrogen-bond acceptors (Lipinski definition) is 15. The van der Waals surface area contributed by atoms with Crippen LogP contribution in [0.25, 0.3) is 10.8 Å². The number of Topliss-reactive ketones (excluding diaryl/α,β-unsaturated/α-hetero) is 1. The van der Waals surface area contributed by atoms with Gasteiger partial charge in [0.25, 0.3) is 11.7 Å². The quantitative estimate of drug-likeness (QED) is 0.109. The zero-order chi connectivity index (χ0) is 47.3. The zero-order valence-corrected chi connectivity index (χ0v) is 34.9. The van der Waals surface area contributed by atoms with E-state index in [9.17, 15) is 39.9 Å². The number of ketones is 1. The molecule has 0 saturated carbocycles. The van der Waals surface area contributed by atoms with Gasteiger partial charge in [0.05, 0.1) is 58.5 Å². The van der Waals surface area contributed by atoms with Crippen molar-refractivity contribution in [3.63, 3.8) is 0 Å². The van der Waals surface area contributed by atoms with Crippen LogP contribution in [0.4, 0.5) is 5.69 Å². The van der Waals surface area contributed by atoms with Gasteiger partial charge in [0.15, 0.2) is 5.75 Å². The summed E-state index contributed by atoms with van der Waals surface area (Å²) >= 11 is 0. The lowest BCUT2D eigenvalue weighted by Crippen LogP contribution is -2.46. The Morgan fingerprint density at radius 1 is 1.00 bits per heavy atom. The number of fused-ring (bicyclic) bond motifs is 14. The van der Waals surface area contributed by atoms with Crippen LogP contribution in [-0.4, -0.2) is 130 Å². The number of ether oxygens (including phenoxy) is 4. The van der Waals surface area contributed by atoms with E-state index in [1.807, 2.05) is 0 Å². The molecule has 0 aromatic heterocycles. The number of anilines is 1. The third-order valence-electron chi connectivity index (χ3n) is 11.3. The van der Waals surface area contributed by atoms with Gasteiger partial charge in [-0.25, -0.2) is 0 Å². The van der Waals surface area contributed by atoms with Crippen LogP contribution >= 0.6 is 0 Å². The first-order chi connectivity index (χ1) is 29.2. The van der Waals surface area contributed by atoms with Crippen molar-refractivity contribution in [1.29, 1.82) is 0 Å². The van der Waals surface area contributed by atoms with Crippen LogP contribution in [0.5, 0.6) is 23.0 Å². The number of phenols is 3. The number of aliphatic hydroxyl groups excluding tert-OH is 2. The number of benzene rings is 2. The van der Waals surface area contributed by atoms with E-state index in [-0.39, 0.29) is 35.5 Å². The Morgan fingerprint density at radius 2 is 1.66 bits per heavy atom. The maximum atomic E-state index is 14.5. The van der Waals surface area contributed by atoms with Gasteiger partial charge in [-0.2, -0.15) is 5.10 Å². The molecule has 2 aromatic rings. The van der Waals surface area contributed by atoms with Crippen LogP contribution in [0.3, 0.4) is 0 Å². The van der Waals surface area contributed by atoms with Gasteiger partial charge in [0.1, 0.15) is 23.4 Å². The number of methoxy groups -OCH3 is 1. The number of hydrazone groups is 1. The van der Waals surface area contributed by atoms with Gasteiger partial charge in [-0.3, -0.25) is 19.4 Å². The summed E-state index contributed by atoms with van der Waals surface area (Å²) in [5, 5.41) is 64.9. The van der Waals surface area contributed by atoms with E-state index in [0.29, 0.717) is 5.01 Å². The molecule has 6 rings (SSSR count). The molecule has 16 nitrogen and oxygen atoms in total. The summed E-state index contributed by atoms with van der Waals surface area (Å²) < 4.78 is 57.8. The summed E-state index contributed by atoms with van der Waals surface area (Å²) in [6, 6.07) is 0. The summed E-state index contributed by atoms with van der Waals surface area (Å²) in [4.78, 5) is 42.1. The maximum absolute atomic E-state index is 14.5. The van der Waals surface area contributed by atoms with E-state index in [4.69, 9.17) is 24.4 Å². The van der Waals surface area contributed by atoms with E-state index >= 15 is 0 Å². The molecule has 4 aliphatic rings. The molecule has 0 unspecified atom stereocenters. The predicted molar refractivity (Wildman–Crippen MR) is 220 cm³/mol. The molecule has 0 radical (unpaired) electrons. The van der Waals surface area contributed by atoms with Crippen molar-refractivity contribution in [2.24, 2.45) is 28.8 Å². The molecule has 5 bridgehead atoms. The summed E-state index contributed by atoms with van der Waals surface area (Å²) in [7, 11) is 2.93. The van der Waals surface area contributed by atoms with Gasteiger partial charge in [-0.15, -0.1) is 0 Å². The molecule has 6 N–H and O–H groups in total. The molecule has 4 aliphatic heterocycles. The van der Waals surface area contributed by atoms with Crippen LogP contribution in [-0.2, 0) is 23.8 Å². The van der Waals surface area contributed by atoms with Gasteiger partial charge < -0.3 is 54.7 Å². The molecule has 0 aliphatic carbocycles. The average Bonchev–Trinajstić information content (AvgIpc) is 3.46. The van der Waals surface area contributed by atoms with Crippen LogP contribution in [0.2, 0.25) is 0 Å². The highest BCUT2D eigenvalue weighted by atomic mass is 16.7.